The molecule has 1 amide bonds. The normalized spacial score (nSPS) is 17.5. The van der Waals surface area contributed by atoms with Gasteiger partial charge in [-0.15, -0.1) is 13.2 Å². The second-order valence-corrected chi connectivity index (χ2v) is 7.78. The maximum Gasteiger partial charge on any atom is 0.573 e. The van der Waals surface area contributed by atoms with E-state index in [2.05, 4.69) is 20.0 Å². The van der Waals surface area contributed by atoms with Crippen LogP contribution in [0.3, 0.4) is 0 Å². The summed E-state index contributed by atoms with van der Waals surface area (Å²) in [4.78, 5) is 22.2. The first-order valence-electron chi connectivity index (χ1n) is 10.5. The number of ether oxygens (including phenoxy) is 2. The van der Waals surface area contributed by atoms with E-state index in [0.29, 0.717) is 29.0 Å². The highest BCUT2D eigenvalue weighted by Crippen LogP contribution is 2.41. The van der Waals surface area contributed by atoms with Gasteiger partial charge in [0.2, 0.25) is 0 Å². The molecule has 0 spiro atoms. The fourth-order valence-corrected chi connectivity index (χ4v) is 4.26. The number of amides is 1. The number of aromatic nitrogens is 2. The maximum atomic E-state index is 13.6. The largest absolute Gasteiger partial charge is 0.573 e. The Morgan fingerprint density at radius 1 is 1.03 bits per heavy atom. The maximum absolute atomic E-state index is 13.6. The first-order valence-corrected chi connectivity index (χ1v) is 10.5. The predicted octanol–water partition coefficient (Wildman–Crippen LogP) is 4.98. The summed E-state index contributed by atoms with van der Waals surface area (Å²) in [7, 11) is 0. The average molecular weight is 465 g/mol. The summed E-state index contributed by atoms with van der Waals surface area (Å²) >= 11 is 0. The van der Waals surface area contributed by atoms with Crippen LogP contribution in [0.15, 0.2) is 79.3 Å². The highest BCUT2D eigenvalue weighted by molar-refractivity contribution is 6.07. The van der Waals surface area contributed by atoms with Crippen molar-refractivity contribution in [1.82, 2.24) is 15.3 Å². The van der Waals surface area contributed by atoms with Crippen molar-refractivity contribution in [2.45, 2.75) is 18.3 Å². The Morgan fingerprint density at radius 3 is 2.65 bits per heavy atom. The van der Waals surface area contributed by atoms with E-state index in [9.17, 15) is 18.0 Å². The van der Waals surface area contributed by atoms with Crippen LogP contribution in [0.5, 0.6) is 11.5 Å². The molecule has 0 radical (unpaired) electrons. The first kappa shape index (κ1) is 21.7. The second-order valence-electron chi connectivity index (χ2n) is 7.78. The zero-order chi connectivity index (χ0) is 23.8. The van der Waals surface area contributed by atoms with E-state index >= 15 is 0 Å². The van der Waals surface area contributed by atoms with Crippen LogP contribution < -0.4 is 14.8 Å². The van der Waals surface area contributed by atoms with Crippen LogP contribution in [-0.2, 0) is 5.54 Å². The third-order valence-corrected chi connectivity index (χ3v) is 5.74. The number of rotatable bonds is 4. The van der Waals surface area contributed by atoms with E-state index < -0.39 is 11.9 Å². The Bertz CT molecular complexity index is 1350. The summed E-state index contributed by atoms with van der Waals surface area (Å²) in [6, 6.07) is 16.0. The summed E-state index contributed by atoms with van der Waals surface area (Å²) < 4.78 is 47.7. The fraction of sp³-hybridized carbons (Fsp3) is 0.160. The Morgan fingerprint density at radius 2 is 1.85 bits per heavy atom. The number of fused-ring (bicyclic) bond motifs is 2. The van der Waals surface area contributed by atoms with Crippen molar-refractivity contribution in [3.05, 3.63) is 96.1 Å². The predicted molar refractivity (Wildman–Crippen MR) is 117 cm³/mol. The number of carbonyl (C=O) groups excluding carboxylic acids is 1. The Kier molecular flexibility index (Phi) is 5.31. The number of pyridine rings is 2. The lowest BCUT2D eigenvalue weighted by molar-refractivity contribution is -0.274. The number of hydrogen-bond donors (Lipinski definition) is 1. The first-order chi connectivity index (χ1) is 16.4. The molecule has 1 atom stereocenters. The van der Waals surface area contributed by atoms with E-state index in [1.807, 2.05) is 6.07 Å². The minimum atomic E-state index is -4.80. The number of nitrogens with one attached hydrogen (secondary N) is 1. The lowest BCUT2D eigenvalue weighted by atomic mass is 9.81. The molecule has 1 N–H and O–H groups in total. The van der Waals surface area contributed by atoms with Crippen LogP contribution in [0, 0.1) is 0 Å². The van der Waals surface area contributed by atoms with Crippen molar-refractivity contribution in [3.8, 4) is 11.5 Å². The van der Waals surface area contributed by atoms with E-state index in [1.165, 1.54) is 24.3 Å². The Balaban J connectivity index is 1.60. The number of halogens is 3. The molecule has 5 rings (SSSR count). The highest BCUT2D eigenvalue weighted by Gasteiger charge is 2.43. The molecule has 0 fully saturated rings. The Hall–Kier alpha value is -4.14. The van der Waals surface area contributed by atoms with E-state index in [-0.39, 0.29) is 18.3 Å². The molecule has 2 aromatic carbocycles. The smallest absolute Gasteiger partial charge is 0.491 e. The fourth-order valence-electron chi connectivity index (χ4n) is 4.26. The number of hydrogen-bond acceptors (Lipinski definition) is 5. The second kappa shape index (κ2) is 8.33. The molecule has 3 heterocycles. The summed E-state index contributed by atoms with van der Waals surface area (Å²) in [5, 5.41) is 4.65. The summed E-state index contributed by atoms with van der Waals surface area (Å²) in [5.41, 5.74) is 0.347. The highest BCUT2D eigenvalue weighted by atomic mass is 19.4. The standard InChI is InChI=1S/C25H18F3N3O3/c26-25(27,28)34-18-8-6-17(7-9-18)24(11-14-33-21-5-2-12-30-22(21)24)31-23(32)20-4-1-3-16-15-29-13-10-19(16)20/h1-10,12-13,15H,11,14H2,(H,31,32). The van der Waals surface area contributed by atoms with Gasteiger partial charge in [-0.05, 0) is 47.3 Å². The molecule has 0 saturated heterocycles. The van der Waals surface area contributed by atoms with Gasteiger partial charge in [0.15, 0.2) is 0 Å². The van der Waals surface area contributed by atoms with Crippen LogP contribution in [0.1, 0.15) is 28.0 Å². The zero-order valence-corrected chi connectivity index (χ0v) is 17.7. The van der Waals surface area contributed by atoms with Gasteiger partial charge in [0, 0.05) is 36.0 Å². The SMILES string of the molecule is O=C(NC1(c2ccc(OC(F)(F)F)cc2)CCOc2cccnc21)c1cccc2cnccc12. The van der Waals surface area contributed by atoms with Gasteiger partial charge in [0.1, 0.15) is 22.7 Å². The molecule has 9 heteroatoms. The zero-order valence-electron chi connectivity index (χ0n) is 17.7. The third-order valence-electron chi connectivity index (χ3n) is 5.74. The third kappa shape index (κ3) is 4.00. The number of benzene rings is 2. The van der Waals surface area contributed by atoms with Gasteiger partial charge in [0.05, 0.1) is 6.61 Å². The summed E-state index contributed by atoms with van der Waals surface area (Å²) in [5.74, 6) is -0.217. The molecule has 0 bridgehead atoms. The van der Waals surface area contributed by atoms with Gasteiger partial charge in [-0.1, -0.05) is 24.3 Å². The van der Waals surface area contributed by atoms with Crippen molar-refractivity contribution in [3.63, 3.8) is 0 Å². The van der Waals surface area contributed by atoms with E-state index in [4.69, 9.17) is 4.74 Å². The van der Waals surface area contributed by atoms with Crippen molar-refractivity contribution in [1.29, 1.82) is 0 Å². The minimum absolute atomic E-state index is 0.277. The molecule has 2 aromatic heterocycles. The molecular weight excluding hydrogens is 447 g/mol. The Labute approximate surface area is 192 Å². The molecule has 1 unspecified atom stereocenters. The van der Waals surface area contributed by atoms with Crippen molar-refractivity contribution in [2.24, 2.45) is 0 Å². The molecule has 6 nitrogen and oxygen atoms in total. The van der Waals surface area contributed by atoms with Crippen LogP contribution in [0.4, 0.5) is 13.2 Å². The van der Waals surface area contributed by atoms with Gasteiger partial charge in [-0.25, -0.2) is 0 Å². The molecule has 1 aliphatic heterocycles. The monoisotopic (exact) mass is 465 g/mol. The molecule has 34 heavy (non-hydrogen) atoms. The quantitative estimate of drug-likeness (QED) is 0.460. The molecule has 4 aromatic rings. The lowest BCUT2D eigenvalue weighted by Crippen LogP contribution is -2.50. The van der Waals surface area contributed by atoms with Crippen LogP contribution >= 0.6 is 0 Å². The van der Waals surface area contributed by atoms with Gasteiger partial charge in [-0.2, -0.15) is 0 Å². The average Bonchev–Trinajstić information content (AvgIpc) is 2.83. The van der Waals surface area contributed by atoms with Crippen molar-refractivity contribution >= 4 is 16.7 Å². The van der Waals surface area contributed by atoms with Crippen molar-refractivity contribution in [2.75, 3.05) is 6.61 Å². The summed E-state index contributed by atoms with van der Waals surface area (Å²) in [6.07, 6.45) is 0.392. The topological polar surface area (TPSA) is 73.3 Å². The van der Waals surface area contributed by atoms with E-state index in [1.54, 1.807) is 48.9 Å². The van der Waals surface area contributed by atoms with Gasteiger partial charge in [0.25, 0.3) is 5.91 Å². The lowest BCUT2D eigenvalue weighted by Gasteiger charge is -2.39. The molecule has 1 aliphatic rings. The molecule has 172 valence electrons. The van der Waals surface area contributed by atoms with Gasteiger partial charge in [-0.3, -0.25) is 14.8 Å². The van der Waals surface area contributed by atoms with Gasteiger partial charge >= 0.3 is 6.36 Å². The number of alkyl halides is 3. The minimum Gasteiger partial charge on any atom is -0.491 e. The summed E-state index contributed by atoms with van der Waals surface area (Å²) in [6.45, 7) is 0.277. The van der Waals surface area contributed by atoms with Crippen molar-refractivity contribution < 1.29 is 27.4 Å². The van der Waals surface area contributed by atoms with E-state index in [0.717, 1.165) is 10.8 Å². The molecular formula is C25H18F3N3O3. The molecule has 0 saturated carbocycles. The van der Waals surface area contributed by atoms with Crippen LogP contribution in [0.2, 0.25) is 0 Å². The van der Waals surface area contributed by atoms with Crippen LogP contribution in [-0.4, -0.2) is 28.8 Å². The number of nitrogens with zero attached hydrogens (tertiary/aromatic N) is 2. The van der Waals surface area contributed by atoms with Gasteiger partial charge < -0.3 is 14.8 Å². The van der Waals surface area contributed by atoms with Crippen LogP contribution in [0.25, 0.3) is 10.8 Å². The number of carbonyl (C=O) groups is 1. The molecule has 0 aliphatic carbocycles.